The summed E-state index contributed by atoms with van der Waals surface area (Å²) in [7, 11) is -1.25. The molecule has 0 aliphatic carbocycles. The van der Waals surface area contributed by atoms with Crippen molar-refractivity contribution in [3.63, 3.8) is 0 Å². The molecule has 0 saturated carbocycles. The summed E-state index contributed by atoms with van der Waals surface area (Å²) in [5.74, 6) is 0. The van der Waals surface area contributed by atoms with Crippen LogP contribution >= 0.6 is 11.3 Å². The average Bonchev–Trinajstić information content (AvgIpc) is 2.66. The van der Waals surface area contributed by atoms with Crippen LogP contribution in [0.4, 0.5) is 0 Å². The predicted octanol–water partition coefficient (Wildman–Crippen LogP) is -5.15. The van der Waals surface area contributed by atoms with Crippen LogP contribution < -0.4 is 69.2 Å². The maximum atomic E-state index is 8.38. The van der Waals surface area contributed by atoms with Crippen molar-refractivity contribution in [2.24, 2.45) is 0 Å². The first kappa shape index (κ1) is 22.8. The zero-order valence-corrected chi connectivity index (χ0v) is 15.5. The molecule has 0 bridgehead atoms. The van der Waals surface area contributed by atoms with E-state index < -0.39 is 7.69 Å². The quantitative estimate of drug-likeness (QED) is 0.392. The molecule has 6 heteroatoms. The Bertz CT molecular complexity index is 199. The van der Waals surface area contributed by atoms with Crippen molar-refractivity contribution in [3.05, 3.63) is 22.4 Å². The Morgan fingerprint density at radius 2 is 1.81 bits per heavy atom. The molecule has 16 heavy (non-hydrogen) atoms. The van der Waals surface area contributed by atoms with E-state index in [2.05, 4.69) is 23.8 Å². The molecule has 1 aromatic heterocycles. The molecule has 0 fully saturated rings. The molecule has 1 aromatic rings. The third kappa shape index (κ3) is 15.7. The van der Waals surface area contributed by atoms with Gasteiger partial charge in [0.2, 0.25) is 0 Å². The monoisotopic (exact) mass is 258 g/mol. The van der Waals surface area contributed by atoms with Gasteiger partial charge in [0.05, 0.1) is 0 Å². The Balaban J connectivity index is -0.000000306. The number of hydrogen-bond donors (Lipinski definition) is 0. The predicted molar refractivity (Wildman–Crippen MR) is 59.3 cm³/mol. The minimum atomic E-state index is -1.25. The first-order valence-electron chi connectivity index (χ1n) is 5.02. The van der Waals surface area contributed by atoms with Crippen molar-refractivity contribution >= 4 is 19.0 Å². The second-order valence-corrected chi connectivity index (χ2v) is 3.84. The number of aryl methyl sites for hydroxylation is 1. The molecule has 0 saturated heterocycles. The first-order valence-corrected chi connectivity index (χ1v) is 5.96. The van der Waals surface area contributed by atoms with Gasteiger partial charge in [0, 0.05) is 0 Å². The minimum Gasteiger partial charge on any atom is -0.896 e. The van der Waals surface area contributed by atoms with Crippen LogP contribution in [-0.4, -0.2) is 7.69 Å². The maximum Gasteiger partial charge on any atom is 1.00 e. The summed E-state index contributed by atoms with van der Waals surface area (Å²) in [4.78, 5) is 0. The zero-order chi connectivity index (χ0) is 10.6. The Morgan fingerprint density at radius 3 is 2.25 bits per heavy atom. The summed E-state index contributed by atoms with van der Waals surface area (Å²) in [6.45, 7) is 2.25. The van der Waals surface area contributed by atoms with Crippen LogP contribution in [0.2, 0.25) is 0 Å². The van der Waals surface area contributed by atoms with E-state index in [9.17, 15) is 0 Å². The molecule has 0 amide bonds. The molecule has 0 aliphatic heterocycles. The van der Waals surface area contributed by atoms with E-state index in [1.165, 1.54) is 37.7 Å². The van der Waals surface area contributed by atoms with Gasteiger partial charge in [0.25, 0.3) is 0 Å². The van der Waals surface area contributed by atoms with Gasteiger partial charge in [-0.05, 0) is 35.2 Å². The van der Waals surface area contributed by atoms with Crippen molar-refractivity contribution in [2.45, 2.75) is 39.0 Å². The van der Waals surface area contributed by atoms with Crippen LogP contribution in [0.15, 0.2) is 16.8 Å². The summed E-state index contributed by atoms with van der Waals surface area (Å²) < 4.78 is 0. The van der Waals surface area contributed by atoms with Gasteiger partial charge in [-0.25, -0.2) is 0 Å². The van der Waals surface area contributed by atoms with Crippen molar-refractivity contribution in [1.82, 2.24) is 0 Å². The summed E-state index contributed by atoms with van der Waals surface area (Å²) in [6, 6.07) is 2.23. The van der Waals surface area contributed by atoms with Crippen LogP contribution in [0.3, 0.4) is 0 Å². The van der Waals surface area contributed by atoms with Gasteiger partial charge in [-0.15, -0.1) is 7.69 Å². The smallest absolute Gasteiger partial charge is 0.896 e. The molecule has 80 valence electrons. The topological polar surface area (TPSA) is 46.1 Å². The van der Waals surface area contributed by atoms with Gasteiger partial charge >= 0.3 is 59.1 Å². The van der Waals surface area contributed by atoms with E-state index >= 15 is 0 Å². The number of unbranched alkanes of at least 4 members (excludes halogenated alkanes) is 3. The van der Waals surface area contributed by atoms with E-state index in [1.807, 2.05) is 0 Å². The van der Waals surface area contributed by atoms with E-state index in [1.54, 1.807) is 11.3 Å². The molecule has 0 N–H and O–H groups in total. The molecule has 0 spiro atoms. The van der Waals surface area contributed by atoms with Crippen molar-refractivity contribution in [2.75, 3.05) is 0 Å². The van der Waals surface area contributed by atoms with Crippen LogP contribution in [0.5, 0.6) is 0 Å². The largest absolute Gasteiger partial charge is 1.00 e. The van der Waals surface area contributed by atoms with Gasteiger partial charge in [-0.3, -0.25) is 0 Å². The Morgan fingerprint density at radius 1 is 1.19 bits per heavy atom. The fourth-order valence-electron chi connectivity index (χ4n) is 1.19. The Labute approximate surface area is 148 Å². The molecule has 1 heterocycles. The summed E-state index contributed by atoms with van der Waals surface area (Å²) in [5, 5.41) is 21.2. The molecule has 0 atom stereocenters. The number of thiophene rings is 1. The van der Waals surface area contributed by atoms with E-state index in [4.69, 9.17) is 10.0 Å². The fourth-order valence-corrected chi connectivity index (χ4v) is 1.89. The van der Waals surface area contributed by atoms with Gasteiger partial charge in [-0.1, -0.05) is 26.2 Å². The molecule has 0 aliphatic rings. The first-order chi connectivity index (χ1) is 6.85. The van der Waals surface area contributed by atoms with Crippen molar-refractivity contribution < 1.29 is 69.2 Å². The van der Waals surface area contributed by atoms with Crippen LogP contribution in [0.25, 0.3) is 0 Å². The maximum absolute atomic E-state index is 8.38. The molecular weight excluding hydrogens is 241 g/mol. The zero-order valence-electron chi connectivity index (χ0n) is 10.7. The molecule has 0 radical (unpaired) electrons. The van der Waals surface area contributed by atoms with Gasteiger partial charge in [-0.2, -0.15) is 11.3 Å². The molecular formula is C10H17BNa2O2S. The Kier molecular flexibility index (Phi) is 27.2. The van der Waals surface area contributed by atoms with E-state index in [0.717, 1.165) is 0 Å². The third-order valence-corrected chi connectivity index (χ3v) is 2.63. The number of rotatable bonds is 5. The molecule has 0 unspecified atom stereocenters. The van der Waals surface area contributed by atoms with Gasteiger partial charge < -0.3 is 10.0 Å². The fraction of sp³-hybridized carbons (Fsp3) is 0.600. The van der Waals surface area contributed by atoms with Crippen LogP contribution in [0, 0.1) is 0 Å². The van der Waals surface area contributed by atoms with Crippen LogP contribution in [0.1, 0.15) is 38.2 Å². The summed E-state index contributed by atoms with van der Waals surface area (Å²) in [5.41, 5.74) is 1.52. The number of hydrogen-bond acceptors (Lipinski definition) is 3. The van der Waals surface area contributed by atoms with Crippen molar-refractivity contribution in [3.8, 4) is 0 Å². The molecule has 0 aromatic carbocycles. The Hall–Kier alpha value is 1.68. The summed E-state index contributed by atoms with van der Waals surface area (Å²) in [6.07, 6.45) is 6.77. The van der Waals surface area contributed by atoms with Crippen LogP contribution in [-0.2, 0) is 6.42 Å². The molecule has 1 rings (SSSR count). The normalized spacial score (nSPS) is 7.94. The van der Waals surface area contributed by atoms with E-state index in [0.29, 0.717) is 0 Å². The SMILES string of the molecule is CCCCCCc1ccsc1.[Na+].[Na+].[O-]B[O-]. The second kappa shape index (κ2) is 19.0. The standard InChI is InChI=1S/C10H16S.BHO2.2Na/c1-2-3-4-5-6-10-7-8-11-9-10;2-1-3;;/h7-9H,2-6H2,1H3;1H;;/q;-2;2*+1. The molecule has 2 nitrogen and oxygen atoms in total. The minimum absolute atomic E-state index is 0. The second-order valence-electron chi connectivity index (χ2n) is 3.06. The van der Waals surface area contributed by atoms with Gasteiger partial charge in [0.1, 0.15) is 0 Å². The van der Waals surface area contributed by atoms with E-state index in [-0.39, 0.29) is 59.1 Å². The van der Waals surface area contributed by atoms with Crippen molar-refractivity contribution in [1.29, 1.82) is 0 Å². The average molecular weight is 258 g/mol. The third-order valence-electron chi connectivity index (χ3n) is 1.90. The van der Waals surface area contributed by atoms with Gasteiger partial charge in [0.15, 0.2) is 0 Å². The summed E-state index contributed by atoms with van der Waals surface area (Å²) >= 11 is 1.80.